The standard InChI is InChI=1S/C28H39NO4S2/c1-16(2)24-22(34-15-29-24)9-10-28(17(3)4)13-21(31)25(26(32)33-28)35-23-11-18(5)19(14-30)12-20(23)27(6,7)8/h11-12,15-17,30-31H,9-10,13-14H2,1-8H3. The number of hydrogen-bond acceptors (Lipinski definition) is 7. The fraction of sp³-hybridized carbons (Fsp3) is 0.571. The lowest BCUT2D eigenvalue weighted by Crippen LogP contribution is -2.44. The van der Waals surface area contributed by atoms with Gasteiger partial charge in [0.15, 0.2) is 0 Å². The van der Waals surface area contributed by atoms with Gasteiger partial charge in [0.1, 0.15) is 16.3 Å². The van der Waals surface area contributed by atoms with E-state index in [9.17, 15) is 15.0 Å². The van der Waals surface area contributed by atoms with E-state index in [1.54, 1.807) is 11.3 Å². The molecule has 2 heterocycles. The van der Waals surface area contributed by atoms with E-state index < -0.39 is 11.6 Å². The lowest BCUT2D eigenvalue weighted by Gasteiger charge is -2.40. The third-order valence-corrected chi connectivity index (χ3v) is 8.96. The summed E-state index contributed by atoms with van der Waals surface area (Å²) in [6.07, 6.45) is 1.69. The van der Waals surface area contributed by atoms with E-state index in [1.807, 2.05) is 38.4 Å². The van der Waals surface area contributed by atoms with E-state index in [-0.39, 0.29) is 28.6 Å². The van der Waals surface area contributed by atoms with Crippen molar-refractivity contribution in [3.8, 4) is 0 Å². The monoisotopic (exact) mass is 517 g/mol. The van der Waals surface area contributed by atoms with Crippen LogP contribution in [0, 0.1) is 12.8 Å². The molecule has 1 aromatic heterocycles. The van der Waals surface area contributed by atoms with E-state index in [0.29, 0.717) is 18.8 Å². The van der Waals surface area contributed by atoms with Crippen LogP contribution in [0.15, 0.2) is 33.2 Å². The smallest absolute Gasteiger partial charge is 0.349 e. The van der Waals surface area contributed by atoms with Crippen LogP contribution in [0.5, 0.6) is 0 Å². The van der Waals surface area contributed by atoms with Crippen molar-refractivity contribution in [1.82, 2.24) is 4.98 Å². The van der Waals surface area contributed by atoms with Crippen molar-refractivity contribution in [1.29, 1.82) is 0 Å². The number of carbonyl (C=O) groups is 1. The zero-order valence-electron chi connectivity index (χ0n) is 22.2. The predicted molar refractivity (Wildman–Crippen MR) is 144 cm³/mol. The van der Waals surface area contributed by atoms with Gasteiger partial charge in [-0.2, -0.15) is 0 Å². The van der Waals surface area contributed by atoms with Crippen LogP contribution < -0.4 is 0 Å². The zero-order chi connectivity index (χ0) is 26.1. The first-order chi connectivity index (χ1) is 16.3. The predicted octanol–water partition coefficient (Wildman–Crippen LogP) is 7.20. The van der Waals surface area contributed by atoms with Crippen LogP contribution >= 0.6 is 23.1 Å². The van der Waals surface area contributed by atoms with E-state index >= 15 is 0 Å². The first kappa shape index (κ1) is 27.8. The Kier molecular flexibility index (Phi) is 8.45. The van der Waals surface area contributed by atoms with Crippen LogP contribution in [0.25, 0.3) is 0 Å². The molecular formula is C28H39NO4S2. The molecule has 0 saturated heterocycles. The Morgan fingerprint density at radius 3 is 2.46 bits per heavy atom. The van der Waals surface area contributed by atoms with Gasteiger partial charge in [0.25, 0.3) is 0 Å². The number of hydrogen-bond donors (Lipinski definition) is 2. The minimum Gasteiger partial charge on any atom is -0.511 e. The average Bonchev–Trinajstić information content (AvgIpc) is 3.23. The second-order valence-electron chi connectivity index (χ2n) is 11.2. The van der Waals surface area contributed by atoms with Crippen molar-refractivity contribution < 1.29 is 19.7 Å². The van der Waals surface area contributed by atoms with Crippen LogP contribution in [0.1, 0.15) is 94.5 Å². The van der Waals surface area contributed by atoms with Crippen molar-refractivity contribution in [2.24, 2.45) is 5.92 Å². The Balaban J connectivity index is 1.92. The summed E-state index contributed by atoms with van der Waals surface area (Å²) in [7, 11) is 0. The summed E-state index contributed by atoms with van der Waals surface area (Å²) in [4.78, 5) is 20.2. The van der Waals surface area contributed by atoms with Crippen LogP contribution in [0.2, 0.25) is 0 Å². The highest BCUT2D eigenvalue weighted by Gasteiger charge is 2.45. The van der Waals surface area contributed by atoms with Crippen molar-refractivity contribution in [2.45, 2.75) is 103 Å². The zero-order valence-corrected chi connectivity index (χ0v) is 23.8. The molecule has 1 unspecified atom stereocenters. The number of nitrogens with zero attached hydrogens (tertiary/aromatic N) is 1. The summed E-state index contributed by atoms with van der Waals surface area (Å²) in [5, 5.41) is 20.9. The molecule has 0 bridgehead atoms. The summed E-state index contributed by atoms with van der Waals surface area (Å²) in [6, 6.07) is 4.00. The molecule has 1 aliphatic rings. The highest BCUT2D eigenvalue weighted by Crippen LogP contribution is 2.45. The Morgan fingerprint density at radius 1 is 1.23 bits per heavy atom. The van der Waals surface area contributed by atoms with E-state index in [4.69, 9.17) is 4.74 Å². The molecule has 1 aliphatic heterocycles. The maximum Gasteiger partial charge on any atom is 0.349 e. The van der Waals surface area contributed by atoms with Gasteiger partial charge < -0.3 is 14.9 Å². The molecule has 0 saturated carbocycles. The molecule has 1 aromatic carbocycles. The largest absolute Gasteiger partial charge is 0.511 e. The molecule has 0 spiro atoms. The van der Waals surface area contributed by atoms with Gasteiger partial charge in [0, 0.05) is 16.2 Å². The highest BCUT2D eigenvalue weighted by atomic mass is 32.2. The molecule has 2 N–H and O–H groups in total. The van der Waals surface area contributed by atoms with Crippen LogP contribution in [0.4, 0.5) is 0 Å². The molecular weight excluding hydrogens is 478 g/mol. The lowest BCUT2D eigenvalue weighted by molar-refractivity contribution is -0.164. The maximum atomic E-state index is 13.3. The van der Waals surface area contributed by atoms with Crippen molar-refractivity contribution in [3.05, 3.63) is 55.6 Å². The second-order valence-corrected chi connectivity index (χ2v) is 13.2. The molecule has 2 aromatic rings. The van der Waals surface area contributed by atoms with Gasteiger partial charge in [-0.15, -0.1) is 11.3 Å². The first-order valence-corrected chi connectivity index (χ1v) is 14.0. The maximum absolute atomic E-state index is 13.3. The number of rotatable bonds is 8. The van der Waals surface area contributed by atoms with E-state index in [2.05, 4.69) is 39.6 Å². The molecule has 5 nitrogen and oxygen atoms in total. The van der Waals surface area contributed by atoms with Gasteiger partial charge in [-0.25, -0.2) is 9.78 Å². The lowest BCUT2D eigenvalue weighted by atomic mass is 9.80. The highest BCUT2D eigenvalue weighted by molar-refractivity contribution is 8.04. The Bertz CT molecular complexity index is 1110. The van der Waals surface area contributed by atoms with Gasteiger partial charge in [0.05, 0.1) is 17.8 Å². The van der Waals surface area contributed by atoms with Gasteiger partial charge in [0.2, 0.25) is 0 Å². The van der Waals surface area contributed by atoms with Crippen LogP contribution in [-0.2, 0) is 28.0 Å². The van der Waals surface area contributed by atoms with Gasteiger partial charge >= 0.3 is 5.97 Å². The average molecular weight is 518 g/mol. The minimum absolute atomic E-state index is 0.0367. The number of aliphatic hydroxyl groups is 2. The molecule has 1 atom stereocenters. The number of cyclic esters (lactones) is 1. The fourth-order valence-electron chi connectivity index (χ4n) is 4.54. The number of aromatic nitrogens is 1. The summed E-state index contributed by atoms with van der Waals surface area (Å²) < 4.78 is 6.16. The van der Waals surface area contributed by atoms with E-state index in [0.717, 1.165) is 33.7 Å². The summed E-state index contributed by atoms with van der Waals surface area (Å²) >= 11 is 2.91. The second kappa shape index (κ2) is 10.7. The number of esters is 1. The number of thiazole rings is 1. The van der Waals surface area contributed by atoms with Crippen LogP contribution in [0.3, 0.4) is 0 Å². The van der Waals surface area contributed by atoms with Crippen molar-refractivity contribution in [3.63, 3.8) is 0 Å². The third kappa shape index (κ3) is 5.95. The first-order valence-electron chi connectivity index (χ1n) is 12.3. The Morgan fingerprint density at radius 2 is 1.91 bits per heavy atom. The van der Waals surface area contributed by atoms with Gasteiger partial charge in [-0.05, 0) is 59.8 Å². The Hall–Kier alpha value is -1.83. The normalized spacial score (nSPS) is 19.1. The van der Waals surface area contributed by atoms with Crippen LogP contribution in [-0.4, -0.2) is 26.8 Å². The topological polar surface area (TPSA) is 79.7 Å². The molecule has 0 fully saturated rings. The summed E-state index contributed by atoms with van der Waals surface area (Å²) in [5.41, 5.74) is 4.87. The number of benzene rings is 1. The van der Waals surface area contributed by atoms with Crippen molar-refractivity contribution in [2.75, 3.05) is 0 Å². The summed E-state index contributed by atoms with van der Waals surface area (Å²) in [5.74, 6) is 0.0163. The Labute approximate surface area is 218 Å². The van der Waals surface area contributed by atoms with Gasteiger partial charge in [-0.1, -0.05) is 66.3 Å². The third-order valence-electron chi connectivity index (χ3n) is 6.89. The fourth-order valence-corrected chi connectivity index (χ4v) is 6.71. The number of aliphatic hydroxyl groups excluding tert-OH is 2. The SMILES string of the molecule is Cc1cc(SC2=C(O)CC(CCc3scnc3C(C)C)(C(C)C)OC2=O)c(C(C)(C)C)cc1CO. The number of thioether (sulfide) groups is 1. The number of aryl methyl sites for hydroxylation is 2. The van der Waals surface area contributed by atoms with E-state index in [1.165, 1.54) is 16.6 Å². The number of carbonyl (C=O) groups excluding carboxylic acids is 1. The molecule has 7 heteroatoms. The quantitative estimate of drug-likeness (QED) is 0.360. The molecule has 0 amide bonds. The van der Waals surface area contributed by atoms with Crippen molar-refractivity contribution >= 4 is 29.1 Å². The minimum atomic E-state index is -0.757. The van der Waals surface area contributed by atoms with Gasteiger partial charge in [-0.3, -0.25) is 0 Å². The number of ether oxygens (including phenoxy) is 1. The molecule has 35 heavy (non-hydrogen) atoms. The molecule has 0 radical (unpaired) electrons. The molecule has 0 aliphatic carbocycles. The summed E-state index contributed by atoms with van der Waals surface area (Å²) in [6.45, 7) is 16.6. The molecule has 192 valence electrons. The molecule has 3 rings (SSSR count).